The van der Waals surface area contributed by atoms with E-state index >= 15 is 0 Å². The molecule has 80 valence electrons. The first-order valence-electron chi connectivity index (χ1n) is 5.22. The van der Waals surface area contributed by atoms with E-state index in [0.717, 1.165) is 13.0 Å². The molecule has 0 unspecified atom stereocenters. The van der Waals surface area contributed by atoms with Gasteiger partial charge in [0.15, 0.2) is 6.19 Å². The molecular weight excluding hydrogens is 184 g/mol. The number of likely N-dealkylation sites (N-methyl/N-ethyl adjacent to an activating group) is 1. The van der Waals surface area contributed by atoms with Crippen LogP contribution in [0.4, 0.5) is 0 Å². The normalized spacial score (nSPS) is 9.80. The highest BCUT2D eigenvalue weighted by Gasteiger charge is 2.04. The molecule has 0 amide bonds. The van der Waals surface area contributed by atoms with E-state index in [9.17, 15) is 0 Å². The van der Waals surface area contributed by atoms with Gasteiger partial charge in [0, 0.05) is 13.6 Å². The largest absolute Gasteiger partial charge is 0.313 e. The zero-order chi connectivity index (χ0) is 11.4. The SMILES string of the molecule is Cc1cc(C)c(CCN(C)C#N)c(C)c1. The number of hydrogen-bond acceptors (Lipinski definition) is 2. The Labute approximate surface area is 92.1 Å². The molecule has 0 atom stereocenters. The molecule has 0 saturated heterocycles. The highest BCUT2D eigenvalue weighted by Crippen LogP contribution is 2.16. The quantitative estimate of drug-likeness (QED) is 0.556. The summed E-state index contributed by atoms with van der Waals surface area (Å²) in [6, 6.07) is 4.41. The van der Waals surface area contributed by atoms with Crippen molar-refractivity contribution in [1.29, 1.82) is 5.26 Å². The van der Waals surface area contributed by atoms with E-state index in [1.54, 1.807) is 4.90 Å². The maximum atomic E-state index is 8.67. The molecule has 0 N–H and O–H groups in total. The summed E-state index contributed by atoms with van der Waals surface area (Å²) in [5.41, 5.74) is 5.35. The van der Waals surface area contributed by atoms with Crippen molar-refractivity contribution in [3.63, 3.8) is 0 Å². The Morgan fingerprint density at radius 1 is 1.20 bits per heavy atom. The first kappa shape index (κ1) is 11.6. The summed E-state index contributed by atoms with van der Waals surface area (Å²) in [6.07, 6.45) is 3.07. The molecule has 1 aromatic carbocycles. The van der Waals surface area contributed by atoms with E-state index in [1.165, 1.54) is 22.3 Å². The lowest BCUT2D eigenvalue weighted by Crippen LogP contribution is -2.15. The highest BCUT2D eigenvalue weighted by molar-refractivity contribution is 5.37. The van der Waals surface area contributed by atoms with Gasteiger partial charge < -0.3 is 4.90 Å². The predicted octanol–water partition coefficient (Wildman–Crippen LogP) is 2.57. The molecule has 0 aliphatic heterocycles. The van der Waals surface area contributed by atoms with Gasteiger partial charge in [-0.1, -0.05) is 17.7 Å². The summed E-state index contributed by atoms with van der Waals surface area (Å²) in [5.74, 6) is 0. The average molecular weight is 202 g/mol. The molecule has 0 radical (unpaired) electrons. The molecule has 0 aliphatic carbocycles. The first-order chi connectivity index (χ1) is 7.04. The third-order valence-electron chi connectivity index (χ3n) is 2.71. The van der Waals surface area contributed by atoms with Crippen LogP contribution in [-0.4, -0.2) is 18.5 Å². The summed E-state index contributed by atoms with van der Waals surface area (Å²) < 4.78 is 0. The summed E-state index contributed by atoms with van der Waals surface area (Å²) in [7, 11) is 1.82. The summed E-state index contributed by atoms with van der Waals surface area (Å²) in [4.78, 5) is 1.67. The Balaban J connectivity index is 2.82. The molecule has 0 bridgehead atoms. The van der Waals surface area contributed by atoms with Crippen molar-refractivity contribution in [2.45, 2.75) is 27.2 Å². The van der Waals surface area contributed by atoms with Crippen molar-refractivity contribution in [3.05, 3.63) is 34.4 Å². The summed E-state index contributed by atoms with van der Waals surface area (Å²) in [6.45, 7) is 7.19. The monoisotopic (exact) mass is 202 g/mol. The minimum absolute atomic E-state index is 0.793. The second kappa shape index (κ2) is 4.84. The average Bonchev–Trinajstić information content (AvgIpc) is 2.15. The Kier molecular flexibility index (Phi) is 3.74. The van der Waals surface area contributed by atoms with Crippen molar-refractivity contribution >= 4 is 0 Å². The first-order valence-corrected chi connectivity index (χ1v) is 5.22. The van der Waals surface area contributed by atoms with Gasteiger partial charge >= 0.3 is 0 Å². The van der Waals surface area contributed by atoms with Gasteiger partial charge in [-0.25, -0.2) is 0 Å². The van der Waals surface area contributed by atoms with Gasteiger partial charge in [0.1, 0.15) is 0 Å². The second-order valence-corrected chi connectivity index (χ2v) is 4.15. The van der Waals surface area contributed by atoms with E-state index in [4.69, 9.17) is 5.26 Å². The smallest absolute Gasteiger partial charge is 0.179 e. The van der Waals surface area contributed by atoms with Crippen LogP contribution in [0.3, 0.4) is 0 Å². The Morgan fingerprint density at radius 2 is 1.73 bits per heavy atom. The van der Waals surface area contributed by atoms with E-state index in [1.807, 2.05) is 7.05 Å². The van der Waals surface area contributed by atoms with Crippen molar-refractivity contribution < 1.29 is 0 Å². The van der Waals surface area contributed by atoms with E-state index in [2.05, 4.69) is 39.1 Å². The summed E-state index contributed by atoms with van der Waals surface area (Å²) in [5, 5.41) is 8.67. The van der Waals surface area contributed by atoms with E-state index in [-0.39, 0.29) is 0 Å². The topological polar surface area (TPSA) is 27.0 Å². The van der Waals surface area contributed by atoms with Crippen LogP contribution in [0.15, 0.2) is 12.1 Å². The number of benzene rings is 1. The van der Waals surface area contributed by atoms with Gasteiger partial charge in [-0.15, -0.1) is 0 Å². The molecule has 0 saturated carbocycles. The molecule has 0 heterocycles. The number of nitriles is 1. The zero-order valence-corrected chi connectivity index (χ0v) is 9.96. The molecule has 2 nitrogen and oxygen atoms in total. The van der Waals surface area contributed by atoms with Crippen LogP contribution in [0.2, 0.25) is 0 Å². The van der Waals surface area contributed by atoms with Crippen LogP contribution in [0, 0.1) is 32.2 Å². The molecule has 15 heavy (non-hydrogen) atoms. The number of rotatable bonds is 3. The molecular formula is C13H18N2. The molecule has 1 rings (SSSR count). The van der Waals surface area contributed by atoms with Crippen LogP contribution in [0.5, 0.6) is 0 Å². The molecule has 0 aromatic heterocycles. The minimum atomic E-state index is 0.793. The van der Waals surface area contributed by atoms with Gasteiger partial charge in [0.25, 0.3) is 0 Å². The van der Waals surface area contributed by atoms with Crippen LogP contribution in [0.1, 0.15) is 22.3 Å². The lowest BCUT2D eigenvalue weighted by Gasteiger charge is -2.13. The van der Waals surface area contributed by atoms with E-state index in [0.29, 0.717) is 0 Å². The lowest BCUT2D eigenvalue weighted by atomic mass is 9.97. The van der Waals surface area contributed by atoms with Gasteiger partial charge in [-0.2, -0.15) is 5.26 Å². The Bertz CT molecular complexity index is 365. The van der Waals surface area contributed by atoms with Gasteiger partial charge in [0.2, 0.25) is 0 Å². The fourth-order valence-electron chi connectivity index (χ4n) is 1.93. The van der Waals surface area contributed by atoms with Gasteiger partial charge in [-0.05, 0) is 43.9 Å². The lowest BCUT2D eigenvalue weighted by molar-refractivity contribution is 0.477. The third kappa shape index (κ3) is 2.99. The van der Waals surface area contributed by atoms with Crippen LogP contribution >= 0.6 is 0 Å². The van der Waals surface area contributed by atoms with Crippen molar-refractivity contribution in [2.75, 3.05) is 13.6 Å². The molecule has 0 spiro atoms. The Morgan fingerprint density at radius 3 is 2.20 bits per heavy atom. The fourth-order valence-corrected chi connectivity index (χ4v) is 1.93. The van der Waals surface area contributed by atoms with Crippen molar-refractivity contribution in [3.8, 4) is 6.19 Å². The fraction of sp³-hybridized carbons (Fsp3) is 0.462. The zero-order valence-electron chi connectivity index (χ0n) is 9.96. The molecule has 0 aliphatic rings. The van der Waals surface area contributed by atoms with Gasteiger partial charge in [-0.3, -0.25) is 0 Å². The number of hydrogen-bond donors (Lipinski definition) is 0. The molecule has 0 fully saturated rings. The molecule has 1 aromatic rings. The Hall–Kier alpha value is -1.49. The maximum Gasteiger partial charge on any atom is 0.179 e. The number of aryl methyl sites for hydroxylation is 3. The van der Waals surface area contributed by atoms with Crippen LogP contribution < -0.4 is 0 Å². The minimum Gasteiger partial charge on any atom is -0.313 e. The number of nitrogens with zero attached hydrogens (tertiary/aromatic N) is 2. The highest BCUT2D eigenvalue weighted by atomic mass is 15.1. The standard InChI is InChI=1S/C13H18N2/c1-10-7-11(2)13(12(3)8-10)5-6-15(4)9-14/h7-8H,5-6H2,1-4H3. The van der Waals surface area contributed by atoms with Crippen molar-refractivity contribution in [1.82, 2.24) is 4.90 Å². The van der Waals surface area contributed by atoms with E-state index < -0.39 is 0 Å². The second-order valence-electron chi connectivity index (χ2n) is 4.15. The summed E-state index contributed by atoms with van der Waals surface area (Å²) >= 11 is 0. The van der Waals surface area contributed by atoms with Gasteiger partial charge in [0.05, 0.1) is 0 Å². The van der Waals surface area contributed by atoms with Crippen LogP contribution in [-0.2, 0) is 6.42 Å². The maximum absolute atomic E-state index is 8.67. The molecule has 2 heteroatoms. The van der Waals surface area contributed by atoms with Crippen LogP contribution in [0.25, 0.3) is 0 Å². The third-order valence-corrected chi connectivity index (χ3v) is 2.71. The predicted molar refractivity (Wildman–Crippen MR) is 62.6 cm³/mol. The van der Waals surface area contributed by atoms with Crippen molar-refractivity contribution in [2.24, 2.45) is 0 Å².